The van der Waals surface area contributed by atoms with Gasteiger partial charge in [-0.3, -0.25) is 0 Å². The molecule has 0 bridgehead atoms. The minimum absolute atomic E-state index is 0.326. The van der Waals surface area contributed by atoms with Gasteiger partial charge in [-0.05, 0) is 12.1 Å². The molecule has 1 atom stereocenters. The van der Waals surface area contributed by atoms with Crippen molar-refractivity contribution in [1.82, 2.24) is 0 Å². The lowest BCUT2D eigenvalue weighted by Gasteiger charge is -2.06. The van der Waals surface area contributed by atoms with E-state index in [1.165, 1.54) is 0 Å². The fraction of sp³-hybridized carbons (Fsp3) is 0.455. The first-order valence-electron chi connectivity index (χ1n) is 4.61. The molecule has 0 aliphatic heterocycles. The molecule has 1 rings (SSSR count). The second kappa shape index (κ2) is 4.67. The number of aliphatic hydroxyl groups is 1. The molecule has 1 aromatic heterocycles. The van der Waals surface area contributed by atoms with Gasteiger partial charge in [0.25, 0.3) is 0 Å². The lowest BCUT2D eigenvalue weighted by atomic mass is 10.1. The number of furan rings is 1. The Labute approximate surface area is 89.2 Å². The van der Waals surface area contributed by atoms with Crippen molar-refractivity contribution in [2.24, 2.45) is 0 Å². The molecule has 1 N–H and O–H groups in total. The van der Waals surface area contributed by atoms with Crippen molar-refractivity contribution in [1.29, 1.82) is 0 Å². The van der Waals surface area contributed by atoms with Gasteiger partial charge in [-0.2, -0.15) is 0 Å². The highest BCUT2D eigenvalue weighted by Crippen LogP contribution is 2.26. The largest absolute Gasteiger partial charge is 0.463 e. The summed E-state index contributed by atoms with van der Waals surface area (Å²) in [6.07, 6.45) is -0.362. The molecule has 14 heavy (non-hydrogen) atoms. The van der Waals surface area contributed by atoms with Crippen LogP contribution < -0.4 is 0 Å². The summed E-state index contributed by atoms with van der Waals surface area (Å²) < 4.78 is 5.46. The molecular weight excluding hydrogens is 200 g/mol. The van der Waals surface area contributed by atoms with Crippen LogP contribution in [0.1, 0.15) is 43.8 Å². The maximum Gasteiger partial charge on any atom is 0.133 e. The lowest BCUT2D eigenvalue weighted by molar-refractivity contribution is 0.149. The van der Waals surface area contributed by atoms with Crippen LogP contribution in [-0.2, 0) is 0 Å². The van der Waals surface area contributed by atoms with E-state index in [0.29, 0.717) is 23.1 Å². The van der Waals surface area contributed by atoms with Crippen molar-refractivity contribution in [2.45, 2.75) is 32.3 Å². The molecule has 0 spiro atoms. The summed E-state index contributed by atoms with van der Waals surface area (Å²) in [7, 11) is 0. The van der Waals surface area contributed by atoms with Crippen molar-refractivity contribution in [3.8, 4) is 0 Å². The van der Waals surface area contributed by atoms with Gasteiger partial charge < -0.3 is 9.52 Å². The van der Waals surface area contributed by atoms with E-state index in [4.69, 9.17) is 16.0 Å². The highest BCUT2D eigenvalue weighted by Gasteiger charge is 2.14. The molecule has 1 heterocycles. The molecule has 78 valence electrons. The fourth-order valence-corrected chi connectivity index (χ4v) is 1.31. The molecule has 3 heteroatoms. The van der Waals surface area contributed by atoms with Crippen LogP contribution >= 0.6 is 11.6 Å². The summed E-state index contributed by atoms with van der Waals surface area (Å²) in [6.45, 7) is 7.60. The van der Waals surface area contributed by atoms with Gasteiger partial charge >= 0.3 is 0 Å². The van der Waals surface area contributed by atoms with Crippen LogP contribution in [0.15, 0.2) is 28.2 Å². The Kier molecular flexibility index (Phi) is 3.78. The zero-order chi connectivity index (χ0) is 10.7. The van der Waals surface area contributed by atoms with Crippen LogP contribution in [0.2, 0.25) is 0 Å². The van der Waals surface area contributed by atoms with Crippen molar-refractivity contribution in [2.75, 3.05) is 0 Å². The third kappa shape index (κ3) is 2.89. The molecule has 0 saturated carbocycles. The second-order valence-electron chi connectivity index (χ2n) is 3.63. The van der Waals surface area contributed by atoms with Gasteiger partial charge in [-0.25, -0.2) is 0 Å². The Morgan fingerprint density at radius 2 is 2.07 bits per heavy atom. The van der Waals surface area contributed by atoms with Gasteiger partial charge in [0, 0.05) is 17.4 Å². The molecule has 0 radical (unpaired) electrons. The summed E-state index contributed by atoms with van der Waals surface area (Å²) in [6, 6.07) is 3.65. The molecule has 0 fully saturated rings. The number of halogens is 1. The fourth-order valence-electron chi connectivity index (χ4n) is 1.17. The van der Waals surface area contributed by atoms with Crippen LogP contribution in [-0.4, -0.2) is 5.11 Å². The first-order valence-corrected chi connectivity index (χ1v) is 4.99. The second-order valence-corrected chi connectivity index (χ2v) is 4.17. The monoisotopic (exact) mass is 214 g/mol. The van der Waals surface area contributed by atoms with E-state index in [2.05, 4.69) is 6.58 Å². The quantitative estimate of drug-likeness (QED) is 0.831. The smallest absolute Gasteiger partial charge is 0.133 e. The molecule has 1 aromatic rings. The van der Waals surface area contributed by atoms with E-state index in [1.807, 2.05) is 19.9 Å². The lowest BCUT2D eigenvalue weighted by Crippen LogP contribution is -1.94. The molecule has 0 aliphatic carbocycles. The summed E-state index contributed by atoms with van der Waals surface area (Å²) in [5, 5.41) is 10.1. The highest BCUT2D eigenvalue weighted by atomic mass is 35.5. The van der Waals surface area contributed by atoms with E-state index in [-0.39, 0.29) is 0 Å². The molecule has 0 aromatic carbocycles. The SMILES string of the molecule is C=C(Cl)CC(O)c1ccc(C(C)C)o1. The van der Waals surface area contributed by atoms with Gasteiger partial charge in [0.15, 0.2) is 0 Å². The summed E-state index contributed by atoms with van der Waals surface area (Å²) in [5.41, 5.74) is 0. The number of rotatable bonds is 4. The molecule has 2 nitrogen and oxygen atoms in total. The van der Waals surface area contributed by atoms with E-state index in [0.717, 1.165) is 5.76 Å². The van der Waals surface area contributed by atoms with Crippen molar-refractivity contribution in [3.05, 3.63) is 35.3 Å². The Balaban J connectivity index is 2.71. The molecule has 0 aliphatic rings. The Bertz CT molecular complexity index is 315. The Hall–Kier alpha value is -0.730. The maximum atomic E-state index is 9.65. The highest BCUT2D eigenvalue weighted by molar-refractivity contribution is 6.29. The van der Waals surface area contributed by atoms with Crippen LogP contribution in [0.3, 0.4) is 0 Å². The normalized spacial score (nSPS) is 13.2. The summed E-state index contributed by atoms with van der Waals surface area (Å²) in [4.78, 5) is 0. The van der Waals surface area contributed by atoms with Gasteiger partial charge in [0.1, 0.15) is 17.6 Å². The first kappa shape index (κ1) is 11.3. The van der Waals surface area contributed by atoms with Crippen LogP contribution in [0.4, 0.5) is 0 Å². The predicted octanol–water partition coefficient (Wildman–Crippen LogP) is 3.58. The summed E-state index contributed by atoms with van der Waals surface area (Å²) >= 11 is 5.60. The van der Waals surface area contributed by atoms with Crippen LogP contribution in [0.25, 0.3) is 0 Å². The average Bonchev–Trinajstić information content (AvgIpc) is 2.50. The molecule has 1 unspecified atom stereocenters. The average molecular weight is 215 g/mol. The molecule has 0 amide bonds. The van der Waals surface area contributed by atoms with E-state index in [1.54, 1.807) is 6.07 Å². The van der Waals surface area contributed by atoms with E-state index in [9.17, 15) is 5.11 Å². The Morgan fingerprint density at radius 3 is 2.50 bits per heavy atom. The van der Waals surface area contributed by atoms with E-state index >= 15 is 0 Å². The topological polar surface area (TPSA) is 33.4 Å². The Morgan fingerprint density at radius 1 is 1.50 bits per heavy atom. The van der Waals surface area contributed by atoms with Crippen LogP contribution in [0.5, 0.6) is 0 Å². The van der Waals surface area contributed by atoms with Crippen LogP contribution in [0, 0.1) is 0 Å². The van der Waals surface area contributed by atoms with Crippen molar-refractivity contribution >= 4 is 11.6 Å². The van der Waals surface area contributed by atoms with Gasteiger partial charge in [-0.15, -0.1) is 0 Å². The predicted molar refractivity (Wildman–Crippen MR) is 57.4 cm³/mol. The first-order chi connectivity index (χ1) is 6.50. The third-order valence-electron chi connectivity index (χ3n) is 1.96. The van der Waals surface area contributed by atoms with Gasteiger partial charge in [-0.1, -0.05) is 32.0 Å². The molecule has 0 saturated heterocycles. The molecular formula is C11H15ClO2. The number of hydrogen-bond donors (Lipinski definition) is 1. The zero-order valence-corrected chi connectivity index (χ0v) is 9.21. The number of aliphatic hydroxyl groups excluding tert-OH is 1. The van der Waals surface area contributed by atoms with Gasteiger partial charge in [0.2, 0.25) is 0 Å². The summed E-state index contributed by atoms with van der Waals surface area (Å²) in [5.74, 6) is 1.75. The third-order valence-corrected chi connectivity index (χ3v) is 2.11. The minimum atomic E-state index is -0.688. The minimum Gasteiger partial charge on any atom is -0.463 e. The van der Waals surface area contributed by atoms with Gasteiger partial charge in [0.05, 0.1) is 0 Å². The number of hydrogen-bond acceptors (Lipinski definition) is 2. The van der Waals surface area contributed by atoms with Crippen molar-refractivity contribution in [3.63, 3.8) is 0 Å². The van der Waals surface area contributed by atoms with Crippen molar-refractivity contribution < 1.29 is 9.52 Å². The maximum absolute atomic E-state index is 9.65. The zero-order valence-electron chi connectivity index (χ0n) is 8.46. The standard InChI is InChI=1S/C11H15ClO2/c1-7(2)10-4-5-11(14-10)9(13)6-8(3)12/h4-5,7,9,13H,3,6H2,1-2H3. The van der Waals surface area contributed by atoms with E-state index < -0.39 is 6.10 Å².